The van der Waals surface area contributed by atoms with Gasteiger partial charge < -0.3 is 15.6 Å². The minimum Gasteiger partial charge on any atom is -0.346 e. The van der Waals surface area contributed by atoms with Crippen LogP contribution in [0.4, 0.5) is 4.79 Å². The molecule has 1 heterocycles. The van der Waals surface area contributed by atoms with Crippen LogP contribution in [0.3, 0.4) is 0 Å². The Morgan fingerprint density at radius 3 is 2.94 bits per heavy atom. The van der Waals surface area contributed by atoms with Gasteiger partial charge in [0.25, 0.3) is 0 Å². The van der Waals surface area contributed by atoms with Gasteiger partial charge in [-0.3, -0.25) is 0 Å². The molecule has 5 heteroatoms. The first kappa shape index (κ1) is 12.0. The largest absolute Gasteiger partial charge is 0.346 e. The zero-order chi connectivity index (χ0) is 12.1. The second-order valence-corrected chi connectivity index (χ2v) is 4.63. The van der Waals surface area contributed by atoms with Crippen LogP contribution in [0.1, 0.15) is 37.2 Å². The number of carbonyl (C=O) groups excluding carboxylic acids is 1. The SMILES string of the molecule is Cc1ncc(CCNC(=O)NC2CCCC2)[nH]1. The molecule has 0 saturated heterocycles. The average molecular weight is 236 g/mol. The Hall–Kier alpha value is -1.52. The average Bonchev–Trinajstić information content (AvgIpc) is 2.90. The molecule has 0 unspecified atom stereocenters. The Kier molecular flexibility index (Phi) is 4.01. The molecule has 0 spiro atoms. The molecular formula is C12H20N4O. The van der Waals surface area contributed by atoms with E-state index in [1.807, 2.05) is 13.1 Å². The molecule has 0 aliphatic heterocycles. The van der Waals surface area contributed by atoms with Crippen LogP contribution in [-0.4, -0.2) is 28.6 Å². The summed E-state index contributed by atoms with van der Waals surface area (Å²) in [6.45, 7) is 2.56. The molecule has 0 atom stereocenters. The van der Waals surface area contributed by atoms with E-state index in [2.05, 4.69) is 20.6 Å². The summed E-state index contributed by atoms with van der Waals surface area (Å²) in [5.74, 6) is 0.912. The Balaban J connectivity index is 1.62. The quantitative estimate of drug-likeness (QED) is 0.741. The van der Waals surface area contributed by atoms with Crippen LogP contribution in [0.5, 0.6) is 0 Å². The summed E-state index contributed by atoms with van der Waals surface area (Å²) in [4.78, 5) is 18.8. The minimum absolute atomic E-state index is 0.0480. The molecule has 1 fully saturated rings. The van der Waals surface area contributed by atoms with Crippen LogP contribution in [0, 0.1) is 6.92 Å². The van der Waals surface area contributed by atoms with Crippen LogP contribution < -0.4 is 10.6 Å². The van der Waals surface area contributed by atoms with Crippen LogP contribution >= 0.6 is 0 Å². The van der Waals surface area contributed by atoms with Gasteiger partial charge in [0.05, 0.1) is 0 Å². The number of nitrogens with zero attached hydrogens (tertiary/aromatic N) is 1. The molecule has 1 aromatic rings. The summed E-state index contributed by atoms with van der Waals surface area (Å²) in [6.07, 6.45) is 7.31. The molecule has 0 bridgehead atoms. The summed E-state index contributed by atoms with van der Waals surface area (Å²) >= 11 is 0. The minimum atomic E-state index is -0.0480. The molecule has 1 saturated carbocycles. The lowest BCUT2D eigenvalue weighted by molar-refractivity contribution is 0.237. The van der Waals surface area contributed by atoms with E-state index < -0.39 is 0 Å². The van der Waals surface area contributed by atoms with Gasteiger partial charge in [0, 0.05) is 30.9 Å². The molecule has 1 aliphatic carbocycles. The summed E-state index contributed by atoms with van der Waals surface area (Å²) in [7, 11) is 0. The van der Waals surface area contributed by atoms with Gasteiger partial charge in [-0.25, -0.2) is 9.78 Å². The molecule has 17 heavy (non-hydrogen) atoms. The number of hydrogen-bond acceptors (Lipinski definition) is 2. The highest BCUT2D eigenvalue weighted by Crippen LogP contribution is 2.17. The lowest BCUT2D eigenvalue weighted by Gasteiger charge is -2.12. The highest BCUT2D eigenvalue weighted by atomic mass is 16.2. The van der Waals surface area contributed by atoms with E-state index in [1.54, 1.807) is 0 Å². The lowest BCUT2D eigenvalue weighted by Crippen LogP contribution is -2.41. The van der Waals surface area contributed by atoms with E-state index in [0.717, 1.165) is 30.8 Å². The van der Waals surface area contributed by atoms with Crippen molar-refractivity contribution in [2.45, 2.75) is 45.1 Å². The second-order valence-electron chi connectivity index (χ2n) is 4.63. The third-order valence-corrected chi connectivity index (χ3v) is 3.13. The Labute approximate surface area is 101 Å². The molecule has 2 rings (SSSR count). The van der Waals surface area contributed by atoms with Gasteiger partial charge >= 0.3 is 6.03 Å². The highest BCUT2D eigenvalue weighted by molar-refractivity contribution is 5.74. The molecule has 94 valence electrons. The maximum atomic E-state index is 11.5. The number of urea groups is 1. The maximum Gasteiger partial charge on any atom is 0.315 e. The van der Waals surface area contributed by atoms with Crippen molar-refractivity contribution < 1.29 is 4.79 Å². The fourth-order valence-electron chi connectivity index (χ4n) is 2.22. The highest BCUT2D eigenvalue weighted by Gasteiger charge is 2.16. The summed E-state index contributed by atoms with van der Waals surface area (Å²) in [5.41, 5.74) is 1.06. The van der Waals surface area contributed by atoms with Crippen molar-refractivity contribution in [1.82, 2.24) is 20.6 Å². The van der Waals surface area contributed by atoms with Crippen molar-refractivity contribution in [3.63, 3.8) is 0 Å². The second kappa shape index (κ2) is 5.70. The van der Waals surface area contributed by atoms with E-state index in [9.17, 15) is 4.79 Å². The standard InChI is InChI=1S/C12H20N4O/c1-9-14-8-11(15-9)6-7-13-12(17)16-10-4-2-3-5-10/h8,10H,2-7H2,1H3,(H,14,15)(H2,13,16,17). The molecule has 5 nitrogen and oxygen atoms in total. The fraction of sp³-hybridized carbons (Fsp3) is 0.667. The predicted molar refractivity (Wildman–Crippen MR) is 65.8 cm³/mol. The first-order chi connectivity index (χ1) is 8.24. The van der Waals surface area contributed by atoms with E-state index in [-0.39, 0.29) is 6.03 Å². The van der Waals surface area contributed by atoms with Gasteiger partial charge in [0.1, 0.15) is 5.82 Å². The number of aromatic nitrogens is 2. The Morgan fingerprint density at radius 2 is 2.29 bits per heavy atom. The van der Waals surface area contributed by atoms with Crippen molar-refractivity contribution in [3.8, 4) is 0 Å². The number of aromatic amines is 1. The normalized spacial score (nSPS) is 16.1. The maximum absolute atomic E-state index is 11.5. The number of amides is 2. The molecule has 1 aromatic heterocycles. The number of imidazole rings is 1. The number of hydrogen-bond donors (Lipinski definition) is 3. The molecular weight excluding hydrogens is 216 g/mol. The van der Waals surface area contributed by atoms with Crippen molar-refractivity contribution >= 4 is 6.03 Å². The lowest BCUT2D eigenvalue weighted by atomic mass is 10.2. The zero-order valence-electron chi connectivity index (χ0n) is 10.3. The monoisotopic (exact) mass is 236 g/mol. The van der Waals surface area contributed by atoms with Crippen LogP contribution in [0.2, 0.25) is 0 Å². The first-order valence-corrected chi connectivity index (χ1v) is 6.29. The van der Waals surface area contributed by atoms with Crippen LogP contribution in [-0.2, 0) is 6.42 Å². The summed E-state index contributed by atoms with van der Waals surface area (Å²) in [6, 6.07) is 0.331. The van der Waals surface area contributed by atoms with Gasteiger partial charge in [-0.15, -0.1) is 0 Å². The molecule has 1 aliphatic rings. The topological polar surface area (TPSA) is 69.8 Å². The van der Waals surface area contributed by atoms with E-state index >= 15 is 0 Å². The Bertz CT molecular complexity index is 368. The fourth-order valence-corrected chi connectivity index (χ4v) is 2.22. The number of H-pyrrole nitrogens is 1. The van der Waals surface area contributed by atoms with E-state index in [0.29, 0.717) is 12.6 Å². The Morgan fingerprint density at radius 1 is 1.53 bits per heavy atom. The molecule has 3 N–H and O–H groups in total. The van der Waals surface area contributed by atoms with Crippen molar-refractivity contribution in [2.75, 3.05) is 6.54 Å². The van der Waals surface area contributed by atoms with Gasteiger partial charge in [-0.05, 0) is 19.8 Å². The third-order valence-electron chi connectivity index (χ3n) is 3.13. The number of rotatable bonds is 4. The summed E-state index contributed by atoms with van der Waals surface area (Å²) < 4.78 is 0. The van der Waals surface area contributed by atoms with Crippen molar-refractivity contribution in [2.24, 2.45) is 0 Å². The van der Waals surface area contributed by atoms with Crippen LogP contribution in [0.25, 0.3) is 0 Å². The number of aryl methyl sites for hydroxylation is 1. The number of carbonyl (C=O) groups is 1. The molecule has 0 radical (unpaired) electrons. The van der Waals surface area contributed by atoms with Gasteiger partial charge in [0.15, 0.2) is 0 Å². The van der Waals surface area contributed by atoms with E-state index in [1.165, 1.54) is 12.8 Å². The van der Waals surface area contributed by atoms with Gasteiger partial charge in [-0.1, -0.05) is 12.8 Å². The predicted octanol–water partition coefficient (Wildman–Crippen LogP) is 1.50. The first-order valence-electron chi connectivity index (χ1n) is 6.29. The number of nitrogens with one attached hydrogen (secondary N) is 3. The third kappa shape index (κ3) is 3.76. The van der Waals surface area contributed by atoms with E-state index in [4.69, 9.17) is 0 Å². The molecule has 2 amide bonds. The van der Waals surface area contributed by atoms with Gasteiger partial charge in [-0.2, -0.15) is 0 Å². The van der Waals surface area contributed by atoms with Crippen molar-refractivity contribution in [3.05, 3.63) is 17.7 Å². The summed E-state index contributed by atoms with van der Waals surface area (Å²) in [5, 5.41) is 5.86. The molecule has 0 aromatic carbocycles. The smallest absolute Gasteiger partial charge is 0.315 e. The van der Waals surface area contributed by atoms with Gasteiger partial charge in [0.2, 0.25) is 0 Å². The van der Waals surface area contributed by atoms with Crippen molar-refractivity contribution in [1.29, 1.82) is 0 Å². The zero-order valence-corrected chi connectivity index (χ0v) is 10.3. The van der Waals surface area contributed by atoms with Crippen LogP contribution in [0.15, 0.2) is 6.20 Å².